The Morgan fingerprint density at radius 2 is 2.25 bits per heavy atom. The highest BCUT2D eigenvalue weighted by Gasteiger charge is 2.32. The first-order valence-electron chi connectivity index (χ1n) is 5.22. The zero-order chi connectivity index (χ0) is 11.8. The molecule has 0 radical (unpaired) electrons. The van der Waals surface area contributed by atoms with Crippen LogP contribution in [0.3, 0.4) is 0 Å². The molecule has 1 N–H and O–H groups in total. The molecule has 0 spiro atoms. The van der Waals surface area contributed by atoms with Gasteiger partial charge in [0.2, 0.25) is 10.0 Å². The molecule has 1 aromatic heterocycles. The molecule has 0 aliphatic heterocycles. The lowest BCUT2D eigenvalue weighted by Gasteiger charge is -2.33. The zero-order valence-electron chi connectivity index (χ0n) is 9.09. The summed E-state index contributed by atoms with van der Waals surface area (Å²) in [5, 5.41) is 10.5. The average molecular weight is 261 g/mol. The van der Waals surface area contributed by atoms with Crippen molar-refractivity contribution < 1.29 is 13.5 Å². The first-order chi connectivity index (χ1) is 7.55. The maximum Gasteiger partial charge on any atom is 0.243 e. The Balaban J connectivity index is 2.23. The molecular formula is C10H15NO3S2. The largest absolute Gasteiger partial charge is 0.391 e. The van der Waals surface area contributed by atoms with Crippen molar-refractivity contribution in [3.8, 4) is 0 Å². The Bertz CT molecular complexity index is 462. The standard InChI is InChI=1S/C10H15NO3S2/c1-11(8-3-2-4-8)16(13,14)10-5-9(6-12)15-7-10/h5,7-8,12H,2-4,6H2,1H3. The van der Waals surface area contributed by atoms with Crippen molar-refractivity contribution in [2.75, 3.05) is 7.05 Å². The molecule has 0 atom stereocenters. The third-order valence-electron chi connectivity index (χ3n) is 3.05. The molecule has 1 aromatic rings. The zero-order valence-corrected chi connectivity index (χ0v) is 10.7. The van der Waals surface area contributed by atoms with Gasteiger partial charge in [-0.15, -0.1) is 11.3 Å². The lowest BCUT2D eigenvalue weighted by atomic mass is 9.94. The minimum Gasteiger partial charge on any atom is -0.391 e. The topological polar surface area (TPSA) is 57.6 Å². The van der Waals surface area contributed by atoms with Crippen molar-refractivity contribution in [1.29, 1.82) is 0 Å². The van der Waals surface area contributed by atoms with E-state index >= 15 is 0 Å². The van der Waals surface area contributed by atoms with Crippen LogP contribution in [0.1, 0.15) is 24.1 Å². The van der Waals surface area contributed by atoms with Crippen LogP contribution in [0.5, 0.6) is 0 Å². The highest BCUT2D eigenvalue weighted by molar-refractivity contribution is 7.89. The van der Waals surface area contributed by atoms with E-state index in [2.05, 4.69) is 0 Å². The van der Waals surface area contributed by atoms with E-state index in [4.69, 9.17) is 5.11 Å². The summed E-state index contributed by atoms with van der Waals surface area (Å²) in [6.07, 6.45) is 3.01. The van der Waals surface area contributed by atoms with Crippen LogP contribution in [0, 0.1) is 0 Å². The van der Waals surface area contributed by atoms with Crippen molar-refractivity contribution in [1.82, 2.24) is 4.31 Å². The second-order valence-corrected chi connectivity index (χ2v) is 7.01. The number of rotatable bonds is 4. The summed E-state index contributed by atoms with van der Waals surface area (Å²) >= 11 is 1.28. The molecule has 4 nitrogen and oxygen atoms in total. The van der Waals surface area contributed by atoms with Crippen LogP contribution in [0.25, 0.3) is 0 Å². The molecule has 1 aliphatic rings. The molecule has 1 saturated carbocycles. The Hall–Kier alpha value is -0.430. The van der Waals surface area contributed by atoms with Crippen LogP contribution in [0.4, 0.5) is 0 Å². The van der Waals surface area contributed by atoms with Crippen LogP contribution >= 0.6 is 11.3 Å². The number of sulfonamides is 1. The van der Waals surface area contributed by atoms with E-state index in [9.17, 15) is 8.42 Å². The molecule has 0 bridgehead atoms. The molecular weight excluding hydrogens is 246 g/mol. The highest BCUT2D eigenvalue weighted by atomic mass is 32.2. The predicted octanol–water partition coefficient (Wildman–Crippen LogP) is 1.41. The third kappa shape index (κ3) is 2.02. The molecule has 6 heteroatoms. The summed E-state index contributed by atoms with van der Waals surface area (Å²) in [6, 6.07) is 1.71. The van der Waals surface area contributed by atoms with Crippen molar-refractivity contribution in [2.24, 2.45) is 0 Å². The number of thiophene rings is 1. The molecule has 1 heterocycles. The number of aliphatic hydroxyl groups excluding tert-OH is 1. The Labute approximate surface area is 99.6 Å². The third-order valence-corrected chi connectivity index (χ3v) is 6.01. The molecule has 0 unspecified atom stereocenters. The summed E-state index contributed by atoms with van der Waals surface area (Å²) < 4.78 is 25.8. The van der Waals surface area contributed by atoms with Crippen LogP contribution < -0.4 is 0 Å². The normalized spacial score (nSPS) is 17.7. The lowest BCUT2D eigenvalue weighted by Crippen LogP contribution is -2.41. The number of hydrogen-bond donors (Lipinski definition) is 1. The van der Waals surface area contributed by atoms with Gasteiger partial charge in [-0.05, 0) is 18.9 Å². The smallest absolute Gasteiger partial charge is 0.243 e. The van der Waals surface area contributed by atoms with Crippen LogP contribution in [-0.2, 0) is 16.6 Å². The van der Waals surface area contributed by atoms with Crippen LogP contribution in [0.2, 0.25) is 0 Å². The number of hydrogen-bond acceptors (Lipinski definition) is 4. The van der Waals surface area contributed by atoms with Crippen molar-refractivity contribution in [3.05, 3.63) is 16.3 Å². The first-order valence-corrected chi connectivity index (χ1v) is 7.54. The van der Waals surface area contributed by atoms with E-state index < -0.39 is 10.0 Å². The van der Waals surface area contributed by atoms with Crippen LogP contribution in [-0.4, -0.2) is 30.9 Å². The fourth-order valence-electron chi connectivity index (χ4n) is 1.69. The molecule has 0 saturated heterocycles. The highest BCUT2D eigenvalue weighted by Crippen LogP contribution is 2.30. The van der Waals surface area contributed by atoms with Gasteiger partial charge < -0.3 is 5.11 Å². The fourth-order valence-corrected chi connectivity index (χ4v) is 4.23. The van der Waals surface area contributed by atoms with E-state index in [0.717, 1.165) is 19.3 Å². The van der Waals surface area contributed by atoms with Gasteiger partial charge in [0.25, 0.3) is 0 Å². The Morgan fingerprint density at radius 1 is 1.56 bits per heavy atom. The molecule has 1 aliphatic carbocycles. The maximum absolute atomic E-state index is 12.1. The van der Waals surface area contributed by atoms with E-state index in [0.29, 0.717) is 9.77 Å². The molecule has 0 amide bonds. The van der Waals surface area contributed by atoms with Crippen molar-refractivity contribution >= 4 is 21.4 Å². The van der Waals surface area contributed by atoms with Gasteiger partial charge in [0.1, 0.15) is 0 Å². The summed E-state index contributed by atoms with van der Waals surface area (Å²) in [6.45, 7) is -0.104. The van der Waals surface area contributed by atoms with Gasteiger partial charge in [-0.1, -0.05) is 6.42 Å². The van der Waals surface area contributed by atoms with Gasteiger partial charge in [0, 0.05) is 23.3 Å². The fraction of sp³-hybridized carbons (Fsp3) is 0.600. The minimum atomic E-state index is -3.36. The second kappa shape index (κ2) is 4.44. The summed E-state index contributed by atoms with van der Waals surface area (Å²) in [5.41, 5.74) is 0. The second-order valence-electron chi connectivity index (χ2n) is 4.01. The lowest BCUT2D eigenvalue weighted by molar-refractivity contribution is 0.249. The van der Waals surface area contributed by atoms with Gasteiger partial charge in [-0.2, -0.15) is 4.31 Å². The predicted molar refractivity (Wildman–Crippen MR) is 62.8 cm³/mol. The van der Waals surface area contributed by atoms with E-state index in [1.807, 2.05) is 0 Å². The van der Waals surface area contributed by atoms with Gasteiger partial charge in [-0.3, -0.25) is 0 Å². The molecule has 16 heavy (non-hydrogen) atoms. The van der Waals surface area contributed by atoms with E-state index in [1.165, 1.54) is 15.6 Å². The molecule has 1 fully saturated rings. The average Bonchev–Trinajstić information content (AvgIpc) is 2.63. The maximum atomic E-state index is 12.1. The van der Waals surface area contributed by atoms with Crippen LogP contribution in [0.15, 0.2) is 16.3 Å². The van der Waals surface area contributed by atoms with Gasteiger partial charge in [0.15, 0.2) is 0 Å². The first kappa shape index (κ1) is 12.0. The summed E-state index contributed by atoms with van der Waals surface area (Å²) in [7, 11) is -1.72. The number of nitrogens with zero attached hydrogens (tertiary/aromatic N) is 1. The molecule has 0 aromatic carbocycles. The van der Waals surface area contributed by atoms with Crippen molar-refractivity contribution in [3.63, 3.8) is 0 Å². The molecule has 2 rings (SSSR count). The van der Waals surface area contributed by atoms with Gasteiger partial charge in [-0.25, -0.2) is 8.42 Å². The SMILES string of the molecule is CN(C1CCC1)S(=O)(=O)c1csc(CO)c1. The Kier molecular flexibility index (Phi) is 3.34. The monoisotopic (exact) mass is 261 g/mol. The number of aliphatic hydroxyl groups is 1. The minimum absolute atomic E-state index is 0.104. The van der Waals surface area contributed by atoms with Gasteiger partial charge >= 0.3 is 0 Å². The van der Waals surface area contributed by atoms with Gasteiger partial charge in [0.05, 0.1) is 11.5 Å². The Morgan fingerprint density at radius 3 is 2.69 bits per heavy atom. The summed E-state index contributed by atoms with van der Waals surface area (Å²) in [4.78, 5) is 0.983. The summed E-state index contributed by atoms with van der Waals surface area (Å²) in [5.74, 6) is 0. The van der Waals surface area contributed by atoms with Crippen molar-refractivity contribution in [2.45, 2.75) is 36.8 Å². The quantitative estimate of drug-likeness (QED) is 0.891. The van der Waals surface area contributed by atoms with E-state index in [-0.39, 0.29) is 12.6 Å². The van der Waals surface area contributed by atoms with E-state index in [1.54, 1.807) is 18.5 Å². The molecule has 90 valence electrons.